The summed E-state index contributed by atoms with van der Waals surface area (Å²) in [6.07, 6.45) is 0. The van der Waals surface area contributed by atoms with Gasteiger partial charge in [-0.15, -0.1) is 21.5 Å². The van der Waals surface area contributed by atoms with Gasteiger partial charge in [-0.25, -0.2) is 4.98 Å². The molecule has 0 aliphatic carbocycles. The van der Waals surface area contributed by atoms with E-state index in [1.807, 2.05) is 41.8 Å². The number of amides is 1. The van der Waals surface area contributed by atoms with Crippen LogP contribution in [0.15, 0.2) is 28.7 Å². The minimum atomic E-state index is -0.0205. The van der Waals surface area contributed by atoms with Crippen LogP contribution in [0.3, 0.4) is 0 Å². The van der Waals surface area contributed by atoms with Crippen LogP contribution in [0.2, 0.25) is 0 Å². The average Bonchev–Trinajstić information content (AvgIpc) is 3.12. The number of rotatable bonds is 5. The average molecular weight is 333 g/mol. The summed E-state index contributed by atoms with van der Waals surface area (Å²) in [6.45, 7) is 4.47. The second-order valence-corrected chi connectivity index (χ2v) is 6.78. The van der Waals surface area contributed by atoms with Crippen molar-refractivity contribution in [3.05, 3.63) is 39.8 Å². The number of thiophene rings is 1. The van der Waals surface area contributed by atoms with Crippen molar-refractivity contribution in [1.29, 1.82) is 0 Å². The van der Waals surface area contributed by atoms with E-state index in [0.29, 0.717) is 23.2 Å². The lowest BCUT2D eigenvalue weighted by molar-refractivity contribution is -0.118. The molecule has 0 radical (unpaired) electrons. The number of carbonyl (C=O) groups is 1. The van der Waals surface area contributed by atoms with Gasteiger partial charge in [0.2, 0.25) is 5.91 Å². The number of aryl methyl sites for hydroxylation is 2. The summed E-state index contributed by atoms with van der Waals surface area (Å²) in [6, 6.07) is 5.94. The van der Waals surface area contributed by atoms with Crippen molar-refractivity contribution in [3.8, 4) is 0 Å². The molecule has 0 bridgehead atoms. The lowest BCUT2D eigenvalue weighted by Crippen LogP contribution is -2.24. The highest BCUT2D eigenvalue weighted by Crippen LogP contribution is 2.18. The van der Waals surface area contributed by atoms with Gasteiger partial charge >= 0.3 is 0 Å². The predicted molar refractivity (Wildman–Crippen MR) is 87.1 cm³/mol. The maximum atomic E-state index is 11.9. The molecule has 8 heteroatoms. The fraction of sp³-hybridized carbons (Fsp3) is 0.286. The Labute approximate surface area is 136 Å². The lowest BCUT2D eigenvalue weighted by atomic mass is 10.3. The second kappa shape index (κ2) is 6.45. The fourth-order valence-electron chi connectivity index (χ4n) is 2.07. The Morgan fingerprint density at radius 3 is 3.05 bits per heavy atom. The standard InChI is InChI=1S/C14H15N5OS2/c1-9-6-10(2)19-13(16-9)17-18-14(19)22-8-12(20)15-7-11-4-3-5-21-11/h3-6H,7-8H2,1-2H3,(H,15,20). The molecule has 1 N–H and O–H groups in total. The van der Waals surface area contributed by atoms with Crippen LogP contribution in [0.5, 0.6) is 0 Å². The zero-order valence-electron chi connectivity index (χ0n) is 12.2. The number of nitrogens with one attached hydrogen (secondary N) is 1. The predicted octanol–water partition coefficient (Wildman–Crippen LogP) is 2.21. The van der Waals surface area contributed by atoms with Crippen LogP contribution in [-0.2, 0) is 11.3 Å². The Kier molecular flexibility index (Phi) is 4.39. The molecule has 3 aromatic rings. The van der Waals surface area contributed by atoms with Crippen LogP contribution < -0.4 is 5.32 Å². The molecule has 0 spiro atoms. The van der Waals surface area contributed by atoms with Crippen LogP contribution in [0, 0.1) is 13.8 Å². The third kappa shape index (κ3) is 3.28. The molecule has 0 saturated carbocycles. The van der Waals surface area contributed by atoms with Gasteiger partial charge in [-0.2, -0.15) is 0 Å². The molecule has 0 unspecified atom stereocenters. The Morgan fingerprint density at radius 2 is 2.27 bits per heavy atom. The summed E-state index contributed by atoms with van der Waals surface area (Å²) in [4.78, 5) is 17.4. The van der Waals surface area contributed by atoms with E-state index in [0.717, 1.165) is 16.3 Å². The molecule has 0 fully saturated rings. The summed E-state index contributed by atoms with van der Waals surface area (Å²) in [7, 11) is 0. The molecule has 6 nitrogen and oxygen atoms in total. The minimum Gasteiger partial charge on any atom is -0.350 e. The van der Waals surface area contributed by atoms with E-state index in [4.69, 9.17) is 0 Å². The highest BCUT2D eigenvalue weighted by Gasteiger charge is 2.12. The molecule has 0 atom stereocenters. The fourth-order valence-corrected chi connectivity index (χ4v) is 3.53. The number of carbonyl (C=O) groups excluding carboxylic acids is 1. The topological polar surface area (TPSA) is 72.2 Å². The first kappa shape index (κ1) is 15.0. The van der Waals surface area contributed by atoms with Crippen LogP contribution in [0.1, 0.15) is 16.3 Å². The molecule has 1 amide bonds. The molecule has 3 rings (SSSR count). The van der Waals surface area contributed by atoms with Crippen LogP contribution in [-0.4, -0.2) is 31.2 Å². The van der Waals surface area contributed by atoms with Crippen LogP contribution >= 0.6 is 23.1 Å². The Bertz CT molecular complexity index is 797. The second-order valence-electron chi connectivity index (χ2n) is 4.80. The summed E-state index contributed by atoms with van der Waals surface area (Å²) >= 11 is 2.99. The maximum Gasteiger partial charge on any atom is 0.256 e. The van der Waals surface area contributed by atoms with E-state index in [9.17, 15) is 4.79 Å². The highest BCUT2D eigenvalue weighted by atomic mass is 32.2. The molecule has 0 aliphatic heterocycles. The van der Waals surface area contributed by atoms with Gasteiger partial charge in [0.25, 0.3) is 5.78 Å². The molecular weight excluding hydrogens is 318 g/mol. The molecule has 114 valence electrons. The number of hydrogen-bond acceptors (Lipinski definition) is 6. The highest BCUT2D eigenvalue weighted by molar-refractivity contribution is 7.99. The van der Waals surface area contributed by atoms with E-state index >= 15 is 0 Å². The van der Waals surface area contributed by atoms with Gasteiger partial charge in [-0.05, 0) is 31.4 Å². The summed E-state index contributed by atoms with van der Waals surface area (Å²) in [5, 5.41) is 13.8. The molecule has 0 saturated heterocycles. The summed E-state index contributed by atoms with van der Waals surface area (Å²) in [5.74, 6) is 0.853. The zero-order valence-corrected chi connectivity index (χ0v) is 13.9. The van der Waals surface area contributed by atoms with E-state index < -0.39 is 0 Å². The summed E-state index contributed by atoms with van der Waals surface area (Å²) in [5.41, 5.74) is 1.91. The van der Waals surface area contributed by atoms with Crippen molar-refractivity contribution in [1.82, 2.24) is 24.9 Å². The lowest BCUT2D eigenvalue weighted by Gasteiger charge is -2.05. The van der Waals surface area contributed by atoms with Crippen LogP contribution in [0.4, 0.5) is 0 Å². The zero-order chi connectivity index (χ0) is 15.5. The smallest absolute Gasteiger partial charge is 0.256 e. The molecular formula is C14H15N5OS2. The molecule has 3 heterocycles. The van der Waals surface area contributed by atoms with Crippen molar-refractivity contribution < 1.29 is 4.79 Å². The SMILES string of the molecule is Cc1cc(C)n2c(SCC(=O)NCc3cccs3)nnc2n1. The largest absolute Gasteiger partial charge is 0.350 e. The molecule has 3 aromatic heterocycles. The number of hydrogen-bond donors (Lipinski definition) is 1. The van der Waals surface area contributed by atoms with Gasteiger partial charge < -0.3 is 5.32 Å². The molecule has 0 aliphatic rings. The van der Waals surface area contributed by atoms with E-state index in [2.05, 4.69) is 20.5 Å². The number of fused-ring (bicyclic) bond motifs is 1. The third-order valence-corrected chi connectivity index (χ3v) is 4.84. The van der Waals surface area contributed by atoms with Gasteiger partial charge in [-0.1, -0.05) is 17.8 Å². The first-order chi connectivity index (χ1) is 10.6. The van der Waals surface area contributed by atoms with Gasteiger partial charge in [-0.3, -0.25) is 9.20 Å². The van der Waals surface area contributed by atoms with Crippen molar-refractivity contribution in [3.63, 3.8) is 0 Å². The minimum absolute atomic E-state index is 0.0205. The van der Waals surface area contributed by atoms with E-state index in [1.54, 1.807) is 11.3 Å². The first-order valence-electron chi connectivity index (χ1n) is 6.75. The Morgan fingerprint density at radius 1 is 1.41 bits per heavy atom. The molecule has 0 aromatic carbocycles. The Hall–Kier alpha value is -1.93. The monoisotopic (exact) mass is 333 g/mol. The van der Waals surface area contributed by atoms with Crippen molar-refractivity contribution in [2.75, 3.05) is 5.75 Å². The van der Waals surface area contributed by atoms with E-state index in [-0.39, 0.29) is 5.91 Å². The van der Waals surface area contributed by atoms with E-state index in [1.165, 1.54) is 11.8 Å². The third-order valence-electron chi connectivity index (χ3n) is 3.04. The van der Waals surface area contributed by atoms with Crippen LogP contribution in [0.25, 0.3) is 5.78 Å². The molecule has 22 heavy (non-hydrogen) atoms. The number of thioether (sulfide) groups is 1. The quantitative estimate of drug-likeness (QED) is 0.725. The Balaban J connectivity index is 1.63. The number of nitrogens with zero attached hydrogens (tertiary/aromatic N) is 4. The van der Waals surface area contributed by atoms with Gasteiger partial charge in [0.05, 0.1) is 12.3 Å². The normalized spacial score (nSPS) is 11.0. The number of aromatic nitrogens is 4. The first-order valence-corrected chi connectivity index (χ1v) is 8.61. The van der Waals surface area contributed by atoms with Gasteiger partial charge in [0, 0.05) is 16.3 Å². The van der Waals surface area contributed by atoms with Crippen molar-refractivity contribution in [2.45, 2.75) is 25.5 Å². The maximum absolute atomic E-state index is 11.9. The summed E-state index contributed by atoms with van der Waals surface area (Å²) < 4.78 is 1.87. The van der Waals surface area contributed by atoms with Crippen molar-refractivity contribution in [2.24, 2.45) is 0 Å². The van der Waals surface area contributed by atoms with Crippen molar-refractivity contribution >= 4 is 34.8 Å². The van der Waals surface area contributed by atoms with Gasteiger partial charge in [0.15, 0.2) is 5.16 Å². The van der Waals surface area contributed by atoms with Gasteiger partial charge in [0.1, 0.15) is 0 Å².